The van der Waals surface area contributed by atoms with Gasteiger partial charge in [0.05, 0.1) is 11.3 Å². The molecule has 7 nitrogen and oxygen atoms in total. The number of rotatable bonds is 13. The molecule has 4 N–H and O–H groups in total. The highest BCUT2D eigenvalue weighted by Gasteiger charge is 2.32. The van der Waals surface area contributed by atoms with E-state index in [4.69, 9.17) is 15.6 Å². The lowest BCUT2D eigenvalue weighted by atomic mass is 10.00. The molecule has 1 aliphatic rings. The zero-order chi connectivity index (χ0) is 24.6. The van der Waals surface area contributed by atoms with Crippen LogP contribution in [0.4, 0.5) is 18.9 Å². The molecule has 186 valence electrons. The number of benzene rings is 2. The predicted octanol–water partition coefficient (Wildman–Crippen LogP) is 3.03. The van der Waals surface area contributed by atoms with E-state index in [-0.39, 0.29) is 24.7 Å². The lowest BCUT2D eigenvalue weighted by Crippen LogP contribution is -2.26. The molecule has 0 radical (unpaired) electrons. The summed E-state index contributed by atoms with van der Waals surface area (Å²) in [5.41, 5.74) is 9.15. The van der Waals surface area contributed by atoms with E-state index in [0.29, 0.717) is 31.5 Å². The van der Waals surface area contributed by atoms with Crippen LogP contribution in [0.3, 0.4) is 0 Å². The van der Waals surface area contributed by atoms with Crippen molar-refractivity contribution in [3.05, 3.63) is 53.1 Å². The molecular formula is C24H30F3N3O4. The van der Waals surface area contributed by atoms with Crippen LogP contribution in [0.25, 0.3) is 0 Å². The molecule has 2 aromatic rings. The number of ether oxygens (including phenoxy) is 2. The molecule has 0 aliphatic carbocycles. The molecule has 0 fully saturated rings. The average Bonchev–Trinajstić information content (AvgIpc) is 3.18. The highest BCUT2D eigenvalue weighted by Crippen LogP contribution is 2.34. The third kappa shape index (κ3) is 7.26. The van der Waals surface area contributed by atoms with Gasteiger partial charge in [-0.25, -0.2) is 0 Å². The van der Waals surface area contributed by atoms with Crippen molar-refractivity contribution < 1.29 is 32.5 Å². The van der Waals surface area contributed by atoms with Crippen LogP contribution in [0.5, 0.6) is 11.5 Å². The van der Waals surface area contributed by atoms with Crippen molar-refractivity contribution in [2.24, 2.45) is 5.73 Å². The van der Waals surface area contributed by atoms with Crippen molar-refractivity contribution in [1.29, 1.82) is 0 Å². The first-order valence-electron chi connectivity index (χ1n) is 11.3. The minimum absolute atomic E-state index is 0.0230. The number of carbonyl (C=O) groups excluding carboxylic acids is 1. The number of nitrogens with two attached hydrogens (primary N) is 1. The van der Waals surface area contributed by atoms with E-state index in [1.54, 1.807) is 6.07 Å². The molecule has 34 heavy (non-hydrogen) atoms. The van der Waals surface area contributed by atoms with Gasteiger partial charge in [0.2, 0.25) is 0 Å². The highest BCUT2D eigenvalue weighted by atomic mass is 19.4. The van der Waals surface area contributed by atoms with E-state index in [1.165, 1.54) is 18.2 Å². The van der Waals surface area contributed by atoms with Gasteiger partial charge in [-0.3, -0.25) is 4.79 Å². The molecule has 0 bridgehead atoms. The number of alkyl halides is 3. The van der Waals surface area contributed by atoms with Crippen molar-refractivity contribution in [2.45, 2.75) is 32.0 Å². The smallest absolute Gasteiger partial charge is 0.488 e. The van der Waals surface area contributed by atoms with Crippen LogP contribution < -0.4 is 25.4 Å². The van der Waals surface area contributed by atoms with Crippen molar-refractivity contribution >= 4 is 11.6 Å². The summed E-state index contributed by atoms with van der Waals surface area (Å²) in [6, 6.07) is 9.56. The van der Waals surface area contributed by atoms with Crippen LogP contribution in [-0.2, 0) is 12.8 Å². The first-order valence-corrected chi connectivity index (χ1v) is 11.3. The van der Waals surface area contributed by atoms with E-state index in [2.05, 4.69) is 21.0 Å². The van der Waals surface area contributed by atoms with Gasteiger partial charge in [0, 0.05) is 26.2 Å². The van der Waals surface area contributed by atoms with Crippen molar-refractivity contribution in [2.75, 3.05) is 44.3 Å². The molecule has 0 spiro atoms. The van der Waals surface area contributed by atoms with Crippen LogP contribution in [-0.4, -0.2) is 56.8 Å². The summed E-state index contributed by atoms with van der Waals surface area (Å²) in [6.45, 7) is 2.92. The largest absolute Gasteiger partial charge is 0.573 e. The highest BCUT2D eigenvalue weighted by molar-refractivity contribution is 6.00. The Morgan fingerprint density at radius 1 is 1.15 bits per heavy atom. The Hall–Kier alpha value is -2.98. The normalized spacial score (nSPS) is 13.1. The number of aliphatic hydroxyl groups is 1. The fourth-order valence-corrected chi connectivity index (χ4v) is 4.03. The number of hydrogen-bond donors (Lipinski definition) is 3. The third-order valence-corrected chi connectivity index (χ3v) is 5.52. The van der Waals surface area contributed by atoms with Crippen LogP contribution in [0.1, 0.15) is 34.3 Å². The predicted molar refractivity (Wildman–Crippen MR) is 122 cm³/mol. The van der Waals surface area contributed by atoms with E-state index < -0.39 is 12.3 Å². The molecule has 1 aliphatic heterocycles. The summed E-state index contributed by atoms with van der Waals surface area (Å²) in [5.74, 6) is -0.819. The number of primary amides is 1. The molecule has 0 aromatic heterocycles. The van der Waals surface area contributed by atoms with Crippen molar-refractivity contribution in [1.82, 2.24) is 5.32 Å². The summed E-state index contributed by atoms with van der Waals surface area (Å²) in [5, 5.41) is 12.2. The molecule has 3 rings (SSSR count). The number of unbranched alkanes of at least 4 members (excludes halogenated alkanes) is 1. The Morgan fingerprint density at radius 3 is 2.62 bits per heavy atom. The topological polar surface area (TPSA) is 97.1 Å². The second-order valence-electron chi connectivity index (χ2n) is 8.03. The van der Waals surface area contributed by atoms with Crippen LogP contribution in [0, 0.1) is 0 Å². The SMILES string of the molecule is NC(=O)c1cc(CCNCCOc2ccccc2OC(F)(F)F)cc2c1N(CCCCO)CC2. The van der Waals surface area contributed by atoms with Crippen LogP contribution in [0.15, 0.2) is 36.4 Å². The molecule has 0 unspecified atom stereocenters. The van der Waals surface area contributed by atoms with Gasteiger partial charge in [0.25, 0.3) is 5.91 Å². The number of aliphatic hydroxyl groups excluding tert-OH is 1. The number of carbonyl (C=O) groups is 1. The summed E-state index contributed by atoms with van der Waals surface area (Å²) in [7, 11) is 0. The van der Waals surface area contributed by atoms with Crippen molar-refractivity contribution in [3.63, 3.8) is 0 Å². The summed E-state index contributed by atoms with van der Waals surface area (Å²) in [4.78, 5) is 14.3. The van der Waals surface area contributed by atoms with Gasteiger partial charge in [-0.2, -0.15) is 0 Å². The van der Waals surface area contributed by atoms with E-state index in [0.717, 1.165) is 42.7 Å². The Bertz CT molecular complexity index is 969. The Balaban J connectivity index is 1.50. The maximum absolute atomic E-state index is 12.5. The maximum atomic E-state index is 12.5. The Kier molecular flexibility index (Phi) is 9.00. The van der Waals surface area contributed by atoms with Gasteiger partial charge >= 0.3 is 6.36 Å². The van der Waals surface area contributed by atoms with E-state index >= 15 is 0 Å². The number of hydrogen-bond acceptors (Lipinski definition) is 6. The molecule has 10 heteroatoms. The summed E-state index contributed by atoms with van der Waals surface area (Å²) < 4.78 is 46.9. The minimum Gasteiger partial charge on any atom is -0.488 e. The number of para-hydroxylation sites is 2. The summed E-state index contributed by atoms with van der Waals surface area (Å²) in [6.07, 6.45) is -1.73. The van der Waals surface area contributed by atoms with Gasteiger partial charge in [-0.05, 0) is 61.6 Å². The van der Waals surface area contributed by atoms with Crippen LogP contribution in [0.2, 0.25) is 0 Å². The lowest BCUT2D eigenvalue weighted by Gasteiger charge is -2.22. The first kappa shape index (κ1) is 25.6. The fourth-order valence-electron chi connectivity index (χ4n) is 4.03. The second-order valence-corrected chi connectivity index (χ2v) is 8.03. The number of anilines is 1. The lowest BCUT2D eigenvalue weighted by molar-refractivity contribution is -0.275. The molecule has 0 saturated carbocycles. The number of nitrogens with zero attached hydrogens (tertiary/aromatic N) is 1. The number of nitrogens with one attached hydrogen (secondary N) is 1. The Morgan fingerprint density at radius 2 is 1.91 bits per heavy atom. The molecule has 1 heterocycles. The van der Waals surface area contributed by atoms with Gasteiger partial charge in [0.15, 0.2) is 11.5 Å². The van der Waals surface area contributed by atoms with Gasteiger partial charge in [-0.1, -0.05) is 18.2 Å². The second kappa shape index (κ2) is 11.9. The third-order valence-electron chi connectivity index (χ3n) is 5.52. The molecule has 1 amide bonds. The maximum Gasteiger partial charge on any atom is 0.573 e. The quantitative estimate of drug-likeness (QED) is 0.381. The zero-order valence-electron chi connectivity index (χ0n) is 18.9. The van der Waals surface area contributed by atoms with Gasteiger partial charge in [-0.15, -0.1) is 13.2 Å². The summed E-state index contributed by atoms with van der Waals surface area (Å²) >= 11 is 0. The van der Waals surface area contributed by atoms with E-state index in [1.807, 2.05) is 6.07 Å². The van der Waals surface area contributed by atoms with Gasteiger partial charge < -0.3 is 30.5 Å². The molecule has 0 saturated heterocycles. The molecule has 2 aromatic carbocycles. The first-order chi connectivity index (χ1) is 16.3. The number of amides is 1. The monoisotopic (exact) mass is 481 g/mol. The standard InChI is InChI=1S/C24H30F3N3O4/c25-24(26,27)34-21-6-2-1-5-20(21)33-14-10-29-9-7-17-15-18-8-12-30(11-3-4-13-31)22(18)19(16-17)23(28)32/h1-2,5-6,15-16,29,31H,3-4,7-14H2,(H2,28,32). The van der Waals surface area contributed by atoms with Crippen molar-refractivity contribution in [3.8, 4) is 11.5 Å². The fraction of sp³-hybridized carbons (Fsp3) is 0.458. The minimum atomic E-state index is -4.78. The Labute approximate surface area is 196 Å². The zero-order valence-corrected chi connectivity index (χ0v) is 18.9. The molecule has 0 atom stereocenters. The van der Waals surface area contributed by atoms with Crippen LogP contribution >= 0.6 is 0 Å². The number of fused-ring (bicyclic) bond motifs is 1. The average molecular weight is 482 g/mol. The van der Waals surface area contributed by atoms with E-state index in [9.17, 15) is 18.0 Å². The number of halogens is 3. The van der Waals surface area contributed by atoms with Gasteiger partial charge in [0.1, 0.15) is 6.61 Å². The molecular weight excluding hydrogens is 451 g/mol.